The van der Waals surface area contributed by atoms with E-state index in [1.807, 2.05) is 31.2 Å². The number of hydrogen-bond acceptors (Lipinski definition) is 3. The Kier molecular flexibility index (Phi) is 5.64. The van der Waals surface area contributed by atoms with Gasteiger partial charge in [-0.05, 0) is 19.1 Å². The van der Waals surface area contributed by atoms with Gasteiger partial charge in [-0.15, -0.1) is 6.58 Å². The second kappa shape index (κ2) is 7.33. The Morgan fingerprint density at radius 1 is 1.47 bits per heavy atom. The Balaban J connectivity index is 2.50. The minimum atomic E-state index is -0.0730. The van der Waals surface area contributed by atoms with Crippen molar-refractivity contribution in [3.63, 3.8) is 0 Å². The van der Waals surface area contributed by atoms with E-state index in [2.05, 4.69) is 17.2 Å². The standard InChI is InChI=1S/C13H18N2O2/c1-3-9-14-13(16)10-15-11-7-5-6-8-12(11)17-4-2/h3,5-8,15H,1,4,9-10H2,2H3,(H,14,16). The van der Waals surface area contributed by atoms with Gasteiger partial charge in [-0.3, -0.25) is 4.79 Å². The number of anilines is 1. The number of amides is 1. The van der Waals surface area contributed by atoms with E-state index in [4.69, 9.17) is 4.74 Å². The molecular weight excluding hydrogens is 216 g/mol. The highest BCUT2D eigenvalue weighted by molar-refractivity contribution is 5.81. The van der Waals surface area contributed by atoms with E-state index < -0.39 is 0 Å². The van der Waals surface area contributed by atoms with Crippen LogP contribution in [0.4, 0.5) is 5.69 Å². The predicted octanol–water partition coefficient (Wildman–Crippen LogP) is 1.80. The molecule has 0 spiro atoms. The number of nitrogens with one attached hydrogen (secondary N) is 2. The maximum atomic E-state index is 11.4. The van der Waals surface area contributed by atoms with Crippen LogP contribution in [0.2, 0.25) is 0 Å². The zero-order valence-corrected chi connectivity index (χ0v) is 10.0. The second-order valence-corrected chi connectivity index (χ2v) is 3.38. The molecule has 0 saturated carbocycles. The molecule has 0 aromatic heterocycles. The number of hydrogen-bond donors (Lipinski definition) is 2. The maximum Gasteiger partial charge on any atom is 0.239 e. The topological polar surface area (TPSA) is 50.4 Å². The molecule has 0 aliphatic carbocycles. The summed E-state index contributed by atoms with van der Waals surface area (Å²) >= 11 is 0. The van der Waals surface area contributed by atoms with E-state index in [1.54, 1.807) is 6.08 Å². The van der Waals surface area contributed by atoms with Gasteiger partial charge in [0.15, 0.2) is 0 Å². The number of para-hydroxylation sites is 2. The first kappa shape index (κ1) is 13.1. The summed E-state index contributed by atoms with van der Waals surface area (Å²) in [5, 5.41) is 5.73. The first-order chi connectivity index (χ1) is 8.27. The van der Waals surface area contributed by atoms with Crippen LogP contribution in [0.25, 0.3) is 0 Å². The Morgan fingerprint density at radius 3 is 2.94 bits per heavy atom. The Bertz CT molecular complexity index is 377. The van der Waals surface area contributed by atoms with Gasteiger partial charge in [-0.25, -0.2) is 0 Å². The fourth-order valence-corrected chi connectivity index (χ4v) is 1.32. The summed E-state index contributed by atoms with van der Waals surface area (Å²) in [6.45, 7) is 6.76. The predicted molar refractivity (Wildman–Crippen MR) is 69.3 cm³/mol. The minimum absolute atomic E-state index is 0.0730. The molecule has 1 rings (SSSR count). The zero-order valence-electron chi connectivity index (χ0n) is 10.0. The van der Waals surface area contributed by atoms with E-state index in [0.29, 0.717) is 13.2 Å². The van der Waals surface area contributed by atoms with Crippen molar-refractivity contribution in [2.45, 2.75) is 6.92 Å². The molecule has 0 heterocycles. The van der Waals surface area contributed by atoms with Crippen molar-refractivity contribution in [3.8, 4) is 5.75 Å². The van der Waals surface area contributed by atoms with Gasteiger partial charge in [-0.2, -0.15) is 0 Å². The molecule has 4 nitrogen and oxygen atoms in total. The lowest BCUT2D eigenvalue weighted by molar-refractivity contribution is -0.119. The summed E-state index contributed by atoms with van der Waals surface area (Å²) in [6, 6.07) is 7.54. The van der Waals surface area contributed by atoms with Crippen molar-refractivity contribution < 1.29 is 9.53 Å². The van der Waals surface area contributed by atoms with Crippen molar-refractivity contribution in [2.24, 2.45) is 0 Å². The fraction of sp³-hybridized carbons (Fsp3) is 0.308. The SMILES string of the molecule is C=CCNC(=O)CNc1ccccc1OCC. The van der Waals surface area contributed by atoms with Crippen LogP contribution in [0, 0.1) is 0 Å². The minimum Gasteiger partial charge on any atom is -0.492 e. The molecule has 0 unspecified atom stereocenters. The van der Waals surface area contributed by atoms with Gasteiger partial charge in [0.05, 0.1) is 18.8 Å². The summed E-state index contributed by atoms with van der Waals surface area (Å²) in [5.41, 5.74) is 0.822. The van der Waals surface area contributed by atoms with Gasteiger partial charge < -0.3 is 15.4 Å². The highest BCUT2D eigenvalue weighted by Gasteiger charge is 2.04. The van der Waals surface area contributed by atoms with Gasteiger partial charge in [0, 0.05) is 6.54 Å². The van der Waals surface area contributed by atoms with E-state index in [0.717, 1.165) is 11.4 Å². The molecule has 0 fully saturated rings. The second-order valence-electron chi connectivity index (χ2n) is 3.38. The first-order valence-electron chi connectivity index (χ1n) is 5.61. The van der Waals surface area contributed by atoms with Gasteiger partial charge in [0.25, 0.3) is 0 Å². The Labute approximate surface area is 102 Å². The normalized spacial score (nSPS) is 9.47. The smallest absolute Gasteiger partial charge is 0.239 e. The number of carbonyl (C=O) groups excluding carboxylic acids is 1. The number of rotatable bonds is 7. The molecule has 0 atom stereocenters. The molecule has 1 aromatic rings. The summed E-state index contributed by atoms with van der Waals surface area (Å²) in [5.74, 6) is 0.683. The number of benzene rings is 1. The maximum absolute atomic E-state index is 11.4. The molecule has 0 bridgehead atoms. The Morgan fingerprint density at radius 2 is 2.24 bits per heavy atom. The van der Waals surface area contributed by atoms with Crippen molar-refractivity contribution in [1.82, 2.24) is 5.32 Å². The van der Waals surface area contributed by atoms with Crippen LogP contribution < -0.4 is 15.4 Å². The average molecular weight is 234 g/mol. The molecule has 2 N–H and O–H groups in total. The summed E-state index contributed by atoms with van der Waals surface area (Å²) in [7, 11) is 0. The lowest BCUT2D eigenvalue weighted by Gasteiger charge is -2.11. The number of carbonyl (C=O) groups is 1. The van der Waals surface area contributed by atoms with Crippen LogP contribution >= 0.6 is 0 Å². The highest BCUT2D eigenvalue weighted by Crippen LogP contribution is 2.23. The molecule has 0 saturated heterocycles. The lowest BCUT2D eigenvalue weighted by Crippen LogP contribution is -2.29. The van der Waals surface area contributed by atoms with Gasteiger partial charge in [-0.1, -0.05) is 18.2 Å². The third-order valence-corrected chi connectivity index (χ3v) is 2.07. The molecule has 0 aliphatic rings. The van der Waals surface area contributed by atoms with Gasteiger partial charge in [0.1, 0.15) is 5.75 Å². The fourth-order valence-electron chi connectivity index (χ4n) is 1.32. The molecule has 92 valence electrons. The highest BCUT2D eigenvalue weighted by atomic mass is 16.5. The molecular formula is C13H18N2O2. The third kappa shape index (κ3) is 4.59. The van der Waals surface area contributed by atoms with Crippen LogP contribution in [-0.4, -0.2) is 25.6 Å². The van der Waals surface area contributed by atoms with Crippen LogP contribution in [0.15, 0.2) is 36.9 Å². The monoisotopic (exact) mass is 234 g/mol. The van der Waals surface area contributed by atoms with E-state index >= 15 is 0 Å². The summed E-state index contributed by atoms with van der Waals surface area (Å²) in [6.07, 6.45) is 1.64. The third-order valence-electron chi connectivity index (χ3n) is 2.07. The number of ether oxygens (including phenoxy) is 1. The van der Waals surface area contributed by atoms with Crippen LogP contribution in [0.1, 0.15) is 6.92 Å². The van der Waals surface area contributed by atoms with Gasteiger partial charge in [0.2, 0.25) is 5.91 Å². The molecule has 0 aliphatic heterocycles. The van der Waals surface area contributed by atoms with Gasteiger partial charge >= 0.3 is 0 Å². The van der Waals surface area contributed by atoms with Crippen LogP contribution in [0.5, 0.6) is 5.75 Å². The molecule has 1 amide bonds. The molecule has 4 heteroatoms. The zero-order chi connectivity index (χ0) is 12.5. The first-order valence-corrected chi connectivity index (χ1v) is 5.61. The van der Waals surface area contributed by atoms with Crippen molar-refractivity contribution in [3.05, 3.63) is 36.9 Å². The summed E-state index contributed by atoms with van der Waals surface area (Å²) in [4.78, 5) is 11.4. The summed E-state index contributed by atoms with van der Waals surface area (Å²) < 4.78 is 5.44. The quantitative estimate of drug-likeness (QED) is 0.707. The molecule has 17 heavy (non-hydrogen) atoms. The van der Waals surface area contributed by atoms with Crippen LogP contribution in [0.3, 0.4) is 0 Å². The van der Waals surface area contributed by atoms with Crippen molar-refractivity contribution >= 4 is 11.6 Å². The van der Waals surface area contributed by atoms with E-state index in [-0.39, 0.29) is 12.5 Å². The Hall–Kier alpha value is -1.97. The van der Waals surface area contributed by atoms with Crippen LogP contribution in [-0.2, 0) is 4.79 Å². The van der Waals surface area contributed by atoms with E-state index in [9.17, 15) is 4.79 Å². The van der Waals surface area contributed by atoms with Crippen molar-refractivity contribution in [2.75, 3.05) is 25.0 Å². The largest absolute Gasteiger partial charge is 0.492 e. The molecule has 0 radical (unpaired) electrons. The molecule has 1 aromatic carbocycles. The van der Waals surface area contributed by atoms with Crippen molar-refractivity contribution in [1.29, 1.82) is 0 Å². The van der Waals surface area contributed by atoms with E-state index in [1.165, 1.54) is 0 Å². The average Bonchev–Trinajstić information content (AvgIpc) is 2.35. The lowest BCUT2D eigenvalue weighted by atomic mass is 10.3.